The zero-order valence-electron chi connectivity index (χ0n) is 11.4. The lowest BCUT2D eigenvalue weighted by Crippen LogP contribution is -2.15. The van der Waals surface area contributed by atoms with E-state index in [1.54, 1.807) is 12.1 Å². The molecule has 0 saturated carbocycles. The number of carbonyl (C=O) groups is 1. The van der Waals surface area contributed by atoms with Gasteiger partial charge in [0.15, 0.2) is 0 Å². The molecule has 0 atom stereocenters. The topological polar surface area (TPSA) is 104 Å². The minimum atomic E-state index is -4.05. The van der Waals surface area contributed by atoms with Crippen LogP contribution >= 0.6 is 11.6 Å². The number of sulfonamides is 1. The molecule has 22 heavy (non-hydrogen) atoms. The first-order chi connectivity index (χ1) is 10.2. The Morgan fingerprint density at radius 1 is 1.23 bits per heavy atom. The lowest BCUT2D eigenvalue weighted by atomic mass is 10.1. The van der Waals surface area contributed by atoms with E-state index in [1.807, 2.05) is 0 Å². The monoisotopic (exact) mass is 341 g/mol. The molecule has 0 aliphatic carbocycles. The van der Waals surface area contributed by atoms with Crippen LogP contribution in [0.1, 0.15) is 15.9 Å². The fourth-order valence-corrected chi connectivity index (χ4v) is 3.45. The van der Waals surface area contributed by atoms with Crippen molar-refractivity contribution in [1.82, 2.24) is 0 Å². The van der Waals surface area contributed by atoms with Gasteiger partial charge >= 0.3 is 5.97 Å². The molecule has 0 unspecified atom stereocenters. The Bertz CT molecular complexity index is 848. The molecule has 2 rings (SSSR count). The summed E-state index contributed by atoms with van der Waals surface area (Å²) in [4.78, 5) is 10.8. The highest BCUT2D eigenvalue weighted by Crippen LogP contribution is 2.29. The van der Waals surface area contributed by atoms with Crippen LogP contribution in [0.25, 0.3) is 0 Å². The van der Waals surface area contributed by atoms with Crippen LogP contribution in [0.3, 0.4) is 0 Å². The first-order valence-corrected chi connectivity index (χ1v) is 7.93. The van der Waals surface area contributed by atoms with Crippen molar-refractivity contribution in [2.24, 2.45) is 0 Å². The number of hydrogen-bond acceptors (Lipinski definition) is 4. The lowest BCUT2D eigenvalue weighted by Gasteiger charge is -2.13. The van der Waals surface area contributed by atoms with Gasteiger partial charge in [0.1, 0.15) is 11.3 Å². The number of nitrogens with one attached hydrogen (secondary N) is 1. The molecule has 8 heteroatoms. The first kappa shape index (κ1) is 16.1. The van der Waals surface area contributed by atoms with Gasteiger partial charge in [0, 0.05) is 0 Å². The summed E-state index contributed by atoms with van der Waals surface area (Å²) in [5.74, 6) is -1.92. The van der Waals surface area contributed by atoms with Gasteiger partial charge in [-0.1, -0.05) is 23.7 Å². The molecule has 2 aromatic rings. The van der Waals surface area contributed by atoms with Crippen LogP contribution in [-0.2, 0) is 10.0 Å². The van der Waals surface area contributed by atoms with E-state index in [-0.39, 0.29) is 21.2 Å². The van der Waals surface area contributed by atoms with E-state index < -0.39 is 27.3 Å². The fraction of sp³-hybridized carbons (Fsp3) is 0.0714. The smallest absolute Gasteiger partial charge is 0.339 e. The molecule has 0 aliphatic rings. The minimum absolute atomic E-state index is 0.175. The largest absolute Gasteiger partial charge is 0.507 e. The predicted molar refractivity (Wildman–Crippen MR) is 82.1 cm³/mol. The fourth-order valence-electron chi connectivity index (χ4n) is 1.88. The van der Waals surface area contributed by atoms with E-state index in [4.69, 9.17) is 16.7 Å². The number of para-hydroxylation sites is 1. The number of carboxylic acid groups (broad SMARTS) is 1. The molecular weight excluding hydrogens is 330 g/mol. The van der Waals surface area contributed by atoms with Gasteiger partial charge in [-0.25, -0.2) is 13.2 Å². The van der Waals surface area contributed by atoms with Crippen molar-refractivity contribution in [3.8, 4) is 5.75 Å². The number of phenols is 1. The maximum Gasteiger partial charge on any atom is 0.339 e. The highest BCUT2D eigenvalue weighted by atomic mass is 35.5. The zero-order valence-corrected chi connectivity index (χ0v) is 12.9. The molecule has 0 fully saturated rings. The summed E-state index contributed by atoms with van der Waals surface area (Å²) < 4.78 is 27.1. The summed E-state index contributed by atoms with van der Waals surface area (Å²) in [7, 11) is -4.05. The van der Waals surface area contributed by atoms with Gasteiger partial charge in [-0.05, 0) is 36.8 Å². The number of carboxylic acids is 1. The molecule has 0 amide bonds. The third-order valence-corrected chi connectivity index (χ3v) is 4.77. The predicted octanol–water partition coefficient (Wildman–Crippen LogP) is 2.85. The van der Waals surface area contributed by atoms with E-state index in [1.165, 1.54) is 19.1 Å². The molecule has 6 nitrogen and oxygen atoms in total. The summed E-state index contributed by atoms with van der Waals surface area (Å²) >= 11 is 5.90. The van der Waals surface area contributed by atoms with Gasteiger partial charge in [0.25, 0.3) is 10.0 Å². The van der Waals surface area contributed by atoms with Gasteiger partial charge in [-0.15, -0.1) is 0 Å². The average molecular weight is 342 g/mol. The lowest BCUT2D eigenvalue weighted by molar-refractivity contribution is 0.0693. The molecular formula is C14H12ClNO5S. The Morgan fingerprint density at radius 3 is 2.45 bits per heavy atom. The van der Waals surface area contributed by atoms with Crippen molar-refractivity contribution < 1.29 is 23.4 Å². The van der Waals surface area contributed by atoms with Crippen molar-refractivity contribution in [2.45, 2.75) is 11.8 Å². The molecule has 0 bridgehead atoms. The van der Waals surface area contributed by atoms with Gasteiger partial charge in [-0.2, -0.15) is 0 Å². The number of aromatic hydroxyl groups is 1. The second-order valence-corrected chi connectivity index (χ2v) is 6.58. The van der Waals surface area contributed by atoms with E-state index in [0.717, 1.165) is 12.1 Å². The van der Waals surface area contributed by atoms with Crippen LogP contribution in [0.2, 0.25) is 5.02 Å². The normalized spacial score (nSPS) is 11.2. The maximum absolute atomic E-state index is 12.4. The zero-order chi connectivity index (χ0) is 16.5. The Kier molecular flexibility index (Phi) is 4.30. The van der Waals surface area contributed by atoms with E-state index in [0.29, 0.717) is 0 Å². The standard InChI is InChI=1S/C14H12ClNO5S/c1-8-6-12(17)9(14(18)19)7-13(8)22(20,21)16-11-5-3-2-4-10(11)15/h2-7,16-17H,1H3,(H,18,19). The molecule has 0 saturated heterocycles. The SMILES string of the molecule is Cc1cc(O)c(C(=O)O)cc1S(=O)(=O)Nc1ccccc1Cl. The number of aromatic carboxylic acids is 1. The average Bonchev–Trinajstić information content (AvgIpc) is 2.40. The van der Waals surface area contributed by atoms with Crippen molar-refractivity contribution in [3.05, 3.63) is 52.5 Å². The van der Waals surface area contributed by atoms with Crippen LogP contribution in [0.15, 0.2) is 41.3 Å². The molecule has 3 N–H and O–H groups in total. The van der Waals surface area contributed by atoms with Crippen molar-refractivity contribution >= 4 is 33.3 Å². The number of halogens is 1. The second-order valence-electron chi connectivity index (χ2n) is 4.53. The Morgan fingerprint density at radius 2 is 1.86 bits per heavy atom. The van der Waals surface area contributed by atoms with Crippen LogP contribution in [0.5, 0.6) is 5.75 Å². The van der Waals surface area contributed by atoms with Gasteiger partial charge in [-0.3, -0.25) is 4.72 Å². The summed E-state index contributed by atoms with van der Waals surface area (Å²) in [6.07, 6.45) is 0. The summed E-state index contributed by atoms with van der Waals surface area (Å²) in [5.41, 5.74) is -0.110. The van der Waals surface area contributed by atoms with Crippen LogP contribution in [0.4, 0.5) is 5.69 Å². The van der Waals surface area contributed by atoms with Crippen molar-refractivity contribution in [2.75, 3.05) is 4.72 Å². The van der Waals surface area contributed by atoms with Gasteiger partial charge in [0.05, 0.1) is 15.6 Å². The molecule has 0 radical (unpaired) electrons. The summed E-state index contributed by atoms with van der Waals surface area (Å²) in [6.45, 7) is 1.45. The van der Waals surface area contributed by atoms with Crippen LogP contribution < -0.4 is 4.72 Å². The van der Waals surface area contributed by atoms with Gasteiger partial charge < -0.3 is 10.2 Å². The Hall–Kier alpha value is -2.25. The van der Waals surface area contributed by atoms with E-state index in [2.05, 4.69) is 4.72 Å². The second kappa shape index (κ2) is 5.86. The Labute approximate surface area is 132 Å². The number of anilines is 1. The molecule has 0 aromatic heterocycles. The summed E-state index contributed by atoms with van der Waals surface area (Å²) in [5, 5.41) is 18.8. The van der Waals surface area contributed by atoms with Crippen LogP contribution in [-0.4, -0.2) is 24.6 Å². The first-order valence-electron chi connectivity index (χ1n) is 6.06. The minimum Gasteiger partial charge on any atom is -0.507 e. The van der Waals surface area contributed by atoms with E-state index >= 15 is 0 Å². The number of aryl methyl sites for hydroxylation is 1. The molecule has 0 aliphatic heterocycles. The molecule has 0 spiro atoms. The highest BCUT2D eigenvalue weighted by Gasteiger charge is 2.22. The van der Waals surface area contributed by atoms with Gasteiger partial charge in [0.2, 0.25) is 0 Å². The Balaban J connectivity index is 2.52. The number of hydrogen-bond donors (Lipinski definition) is 3. The number of benzene rings is 2. The quantitative estimate of drug-likeness (QED) is 0.793. The third-order valence-electron chi connectivity index (χ3n) is 2.93. The van der Waals surface area contributed by atoms with E-state index in [9.17, 15) is 18.3 Å². The van der Waals surface area contributed by atoms with Crippen molar-refractivity contribution in [3.63, 3.8) is 0 Å². The molecule has 2 aromatic carbocycles. The summed E-state index contributed by atoms with van der Waals surface area (Å²) in [6, 6.07) is 8.25. The number of rotatable bonds is 4. The third kappa shape index (κ3) is 3.15. The molecule has 0 heterocycles. The van der Waals surface area contributed by atoms with Crippen molar-refractivity contribution in [1.29, 1.82) is 0 Å². The highest BCUT2D eigenvalue weighted by molar-refractivity contribution is 7.92. The molecule has 116 valence electrons. The van der Waals surface area contributed by atoms with Crippen LogP contribution in [0, 0.1) is 6.92 Å². The maximum atomic E-state index is 12.4.